The summed E-state index contributed by atoms with van der Waals surface area (Å²) < 4.78 is 38.9. The van der Waals surface area contributed by atoms with Crippen molar-refractivity contribution >= 4 is 22.9 Å². The lowest BCUT2D eigenvalue weighted by atomic mass is 9.93. The van der Waals surface area contributed by atoms with Gasteiger partial charge in [0.2, 0.25) is 0 Å². The molecule has 0 amide bonds. The molecule has 3 rings (SSSR count). The van der Waals surface area contributed by atoms with Crippen molar-refractivity contribution in [2.45, 2.75) is 25.1 Å². The summed E-state index contributed by atoms with van der Waals surface area (Å²) in [5.74, 6) is 0. The first kappa shape index (κ1) is 13.2. The number of aliphatic hydroxyl groups excluding tert-OH is 1. The molecule has 1 aliphatic carbocycles. The zero-order valence-electron chi connectivity index (χ0n) is 10.6. The van der Waals surface area contributed by atoms with Gasteiger partial charge in [0.25, 0.3) is 0 Å². The number of hydrogen-bond acceptors (Lipinski definition) is 1. The topological polar surface area (TPSA) is 20.2 Å². The Kier molecular flexibility index (Phi) is 3.05. The van der Waals surface area contributed by atoms with Crippen LogP contribution in [-0.4, -0.2) is 11.3 Å². The molecule has 20 heavy (non-hydrogen) atoms. The third-order valence-electron chi connectivity index (χ3n) is 3.63. The van der Waals surface area contributed by atoms with E-state index in [0.717, 1.165) is 17.0 Å². The minimum Gasteiger partial charge on any atom is -0.379 e. The van der Waals surface area contributed by atoms with Crippen LogP contribution in [0.25, 0.3) is 22.9 Å². The molecule has 2 aromatic rings. The van der Waals surface area contributed by atoms with Gasteiger partial charge in [-0.15, -0.1) is 0 Å². The van der Waals surface area contributed by atoms with Gasteiger partial charge in [-0.05, 0) is 40.1 Å². The van der Waals surface area contributed by atoms with Gasteiger partial charge in [0.05, 0.1) is 0 Å². The second-order valence-corrected chi connectivity index (χ2v) is 4.94. The van der Waals surface area contributed by atoms with Gasteiger partial charge in [0.15, 0.2) is 6.10 Å². The Morgan fingerprint density at radius 3 is 2.50 bits per heavy atom. The van der Waals surface area contributed by atoms with Crippen molar-refractivity contribution in [3.8, 4) is 0 Å². The molecule has 0 fully saturated rings. The van der Waals surface area contributed by atoms with E-state index in [0.29, 0.717) is 17.0 Å². The molecular weight excluding hydrogens is 265 g/mol. The third-order valence-corrected chi connectivity index (χ3v) is 3.63. The van der Waals surface area contributed by atoms with Gasteiger partial charge in [-0.2, -0.15) is 13.2 Å². The summed E-state index contributed by atoms with van der Waals surface area (Å²) in [6.07, 6.45) is -1.90. The van der Waals surface area contributed by atoms with Crippen LogP contribution in [0.1, 0.15) is 24.5 Å². The van der Waals surface area contributed by atoms with Gasteiger partial charge >= 0.3 is 6.18 Å². The van der Waals surface area contributed by atoms with E-state index in [-0.39, 0.29) is 5.56 Å². The van der Waals surface area contributed by atoms with Crippen molar-refractivity contribution in [2.24, 2.45) is 0 Å². The van der Waals surface area contributed by atoms with E-state index in [4.69, 9.17) is 0 Å². The molecule has 1 N–H and O–H groups in total. The van der Waals surface area contributed by atoms with E-state index in [1.54, 1.807) is 30.3 Å². The highest BCUT2D eigenvalue weighted by atomic mass is 19.4. The van der Waals surface area contributed by atoms with Gasteiger partial charge in [-0.3, -0.25) is 0 Å². The first-order valence-electron chi connectivity index (χ1n) is 6.45. The van der Waals surface area contributed by atoms with Gasteiger partial charge in [0, 0.05) is 5.56 Å². The van der Waals surface area contributed by atoms with E-state index >= 15 is 0 Å². The van der Waals surface area contributed by atoms with Crippen LogP contribution in [0.15, 0.2) is 30.3 Å². The summed E-state index contributed by atoms with van der Waals surface area (Å²) in [4.78, 5) is 0. The van der Waals surface area contributed by atoms with Gasteiger partial charge < -0.3 is 5.11 Å². The average molecular weight is 278 g/mol. The molecule has 0 radical (unpaired) electrons. The zero-order chi connectivity index (χ0) is 14.3. The molecule has 0 aromatic heterocycles. The Morgan fingerprint density at radius 2 is 1.75 bits per heavy atom. The SMILES string of the molecule is O[C@H](c1c2c(cc3ccccc13)=CCCC=2)C(F)(F)F. The molecule has 0 saturated heterocycles. The largest absolute Gasteiger partial charge is 0.418 e. The molecule has 4 heteroatoms. The molecule has 1 nitrogen and oxygen atoms in total. The van der Waals surface area contributed by atoms with E-state index in [1.165, 1.54) is 0 Å². The summed E-state index contributed by atoms with van der Waals surface area (Å²) >= 11 is 0. The van der Waals surface area contributed by atoms with Crippen LogP contribution in [0, 0.1) is 0 Å². The van der Waals surface area contributed by atoms with E-state index < -0.39 is 12.3 Å². The number of halogens is 3. The monoisotopic (exact) mass is 278 g/mol. The first-order valence-corrected chi connectivity index (χ1v) is 6.45. The Morgan fingerprint density at radius 1 is 1.05 bits per heavy atom. The molecule has 0 bridgehead atoms. The Hall–Kier alpha value is -1.81. The number of aliphatic hydroxyl groups is 1. The fraction of sp³-hybridized carbons (Fsp3) is 0.250. The molecule has 0 unspecified atom stereocenters. The van der Waals surface area contributed by atoms with Crippen LogP contribution < -0.4 is 10.4 Å². The van der Waals surface area contributed by atoms with Gasteiger partial charge in [0.1, 0.15) is 0 Å². The van der Waals surface area contributed by atoms with Crippen LogP contribution in [0.3, 0.4) is 0 Å². The van der Waals surface area contributed by atoms with Crippen molar-refractivity contribution < 1.29 is 18.3 Å². The van der Waals surface area contributed by atoms with Gasteiger partial charge in [-0.25, -0.2) is 0 Å². The maximum atomic E-state index is 13.0. The minimum atomic E-state index is -4.66. The van der Waals surface area contributed by atoms with Crippen LogP contribution in [0.5, 0.6) is 0 Å². The second-order valence-electron chi connectivity index (χ2n) is 4.94. The van der Waals surface area contributed by atoms with Crippen LogP contribution in [-0.2, 0) is 0 Å². The summed E-state index contributed by atoms with van der Waals surface area (Å²) in [5, 5.41) is 12.2. The number of alkyl halides is 3. The van der Waals surface area contributed by atoms with Crippen molar-refractivity contribution in [1.29, 1.82) is 0 Å². The molecule has 1 atom stereocenters. The normalized spacial score (nSPS) is 16.2. The molecule has 0 spiro atoms. The molecule has 0 aliphatic heterocycles. The maximum absolute atomic E-state index is 13.0. The Bertz CT molecular complexity index is 775. The number of rotatable bonds is 1. The Balaban J connectivity index is 2.45. The standard InChI is InChI=1S/C16H13F3O/c17-16(18,19)15(20)14-12-7-3-1-5-10(12)9-11-6-2-4-8-13(11)14/h1,3,5-9,15,20H,2,4H2/t15-/m1/s1. The van der Waals surface area contributed by atoms with E-state index in [1.807, 2.05) is 12.1 Å². The fourth-order valence-electron chi connectivity index (χ4n) is 2.74. The zero-order valence-corrected chi connectivity index (χ0v) is 10.6. The molecule has 0 heterocycles. The lowest BCUT2D eigenvalue weighted by Crippen LogP contribution is -2.35. The smallest absolute Gasteiger partial charge is 0.379 e. The fourth-order valence-corrected chi connectivity index (χ4v) is 2.74. The van der Waals surface area contributed by atoms with Crippen LogP contribution in [0.2, 0.25) is 0 Å². The number of fused-ring (bicyclic) bond motifs is 2. The highest BCUT2D eigenvalue weighted by Crippen LogP contribution is 2.33. The molecular formula is C16H13F3O. The Labute approximate surface area is 113 Å². The van der Waals surface area contributed by atoms with Crippen molar-refractivity contribution in [3.63, 3.8) is 0 Å². The highest BCUT2D eigenvalue weighted by Gasteiger charge is 2.40. The first-order chi connectivity index (χ1) is 9.48. The lowest BCUT2D eigenvalue weighted by molar-refractivity contribution is -0.206. The minimum absolute atomic E-state index is 0.0263. The molecule has 1 aliphatic rings. The summed E-state index contributed by atoms with van der Waals surface area (Å²) in [5.41, 5.74) is -0.0263. The number of benzene rings is 2. The summed E-state index contributed by atoms with van der Waals surface area (Å²) in [7, 11) is 0. The predicted octanol–water partition coefficient (Wildman–Crippen LogP) is 2.79. The van der Waals surface area contributed by atoms with Crippen molar-refractivity contribution in [3.05, 3.63) is 46.3 Å². The number of hydrogen-bond donors (Lipinski definition) is 1. The van der Waals surface area contributed by atoms with Gasteiger partial charge in [-0.1, -0.05) is 36.4 Å². The maximum Gasteiger partial charge on any atom is 0.418 e. The lowest BCUT2D eigenvalue weighted by Gasteiger charge is -2.19. The third kappa shape index (κ3) is 2.10. The van der Waals surface area contributed by atoms with Crippen molar-refractivity contribution in [1.82, 2.24) is 0 Å². The molecule has 2 aromatic carbocycles. The van der Waals surface area contributed by atoms with E-state index in [2.05, 4.69) is 0 Å². The second kappa shape index (κ2) is 4.63. The van der Waals surface area contributed by atoms with Crippen LogP contribution in [0.4, 0.5) is 13.2 Å². The van der Waals surface area contributed by atoms with E-state index in [9.17, 15) is 18.3 Å². The summed E-state index contributed by atoms with van der Waals surface area (Å²) in [6.45, 7) is 0. The molecule has 0 saturated carbocycles. The predicted molar refractivity (Wildman–Crippen MR) is 72.4 cm³/mol. The molecule has 104 valence electrons. The summed E-state index contributed by atoms with van der Waals surface area (Å²) in [6, 6.07) is 8.75. The van der Waals surface area contributed by atoms with Crippen molar-refractivity contribution in [2.75, 3.05) is 0 Å². The quantitative estimate of drug-likeness (QED) is 0.850. The highest BCUT2D eigenvalue weighted by molar-refractivity contribution is 5.87. The average Bonchev–Trinajstić information content (AvgIpc) is 2.43. The van der Waals surface area contributed by atoms with Crippen LogP contribution >= 0.6 is 0 Å².